The fourth-order valence-corrected chi connectivity index (χ4v) is 3.97. The molecule has 2 aromatic carbocycles. The van der Waals surface area contributed by atoms with Crippen molar-refractivity contribution in [2.45, 2.75) is 39.3 Å². The highest BCUT2D eigenvalue weighted by atomic mass is 35.5. The molecule has 0 amide bonds. The lowest BCUT2D eigenvalue weighted by Crippen LogP contribution is -2.09. The number of halogens is 2. The van der Waals surface area contributed by atoms with Crippen molar-refractivity contribution in [1.29, 1.82) is 0 Å². The molecule has 1 N–H and O–H groups in total. The minimum absolute atomic E-state index is 0.220. The van der Waals surface area contributed by atoms with Crippen LogP contribution >= 0.6 is 11.6 Å². The molecule has 4 rings (SSSR count). The lowest BCUT2D eigenvalue weighted by Gasteiger charge is -2.13. The third kappa shape index (κ3) is 4.43. The summed E-state index contributed by atoms with van der Waals surface area (Å²) >= 11 is 6.22. The molecule has 0 atom stereocenters. The van der Waals surface area contributed by atoms with Crippen molar-refractivity contribution in [3.05, 3.63) is 76.1 Å². The maximum atomic E-state index is 15.2. The van der Waals surface area contributed by atoms with Gasteiger partial charge in [0, 0.05) is 24.1 Å². The van der Waals surface area contributed by atoms with E-state index in [0.717, 1.165) is 41.8 Å². The van der Waals surface area contributed by atoms with Crippen molar-refractivity contribution in [3.63, 3.8) is 0 Å². The Morgan fingerprint density at radius 1 is 1.13 bits per heavy atom. The number of unbranched alkanes of at least 4 members (excludes halogenated alkanes) is 1. The fraction of sp³-hybridized carbons (Fsp3) is 0.304. The SMILES string of the molecule is CCCCc1nc(Cl)c(CO)n1Cc1ccc(-c2ccccc2C2=NCN=N2)c(F)c1. The average molecular weight is 440 g/mol. The zero-order valence-corrected chi connectivity index (χ0v) is 18.0. The number of imidazole rings is 1. The molecule has 8 heteroatoms. The van der Waals surface area contributed by atoms with Crippen molar-refractivity contribution in [2.75, 3.05) is 6.67 Å². The fourth-order valence-electron chi connectivity index (χ4n) is 3.71. The molecular weight excluding hydrogens is 417 g/mol. The zero-order chi connectivity index (χ0) is 21.8. The summed E-state index contributed by atoms with van der Waals surface area (Å²) in [5.41, 5.74) is 3.25. The second-order valence-corrected chi connectivity index (χ2v) is 7.70. The standard InChI is InChI=1S/C23H23ClFN5O/c1-2-3-8-21-28-22(24)20(13-31)30(21)12-15-9-10-17(19(25)11-15)16-6-4-5-7-18(16)23-26-14-27-29-23/h4-7,9-11,31H,2-3,8,12-14H2,1H3. The van der Waals surface area contributed by atoms with E-state index in [0.29, 0.717) is 35.5 Å². The molecule has 0 unspecified atom stereocenters. The first kappa shape index (κ1) is 21.3. The number of aryl methyl sites for hydroxylation is 1. The van der Waals surface area contributed by atoms with E-state index < -0.39 is 0 Å². The van der Waals surface area contributed by atoms with E-state index in [1.165, 1.54) is 6.07 Å². The molecule has 1 aromatic heterocycles. The van der Waals surface area contributed by atoms with Gasteiger partial charge in [0.2, 0.25) is 0 Å². The van der Waals surface area contributed by atoms with Crippen molar-refractivity contribution in [2.24, 2.45) is 15.2 Å². The summed E-state index contributed by atoms with van der Waals surface area (Å²) < 4.78 is 17.1. The Morgan fingerprint density at radius 3 is 2.61 bits per heavy atom. The van der Waals surface area contributed by atoms with Crippen LogP contribution < -0.4 is 0 Å². The molecule has 2 heterocycles. The number of aliphatic imine (C=N–C) groups is 1. The zero-order valence-electron chi connectivity index (χ0n) is 17.2. The lowest BCUT2D eigenvalue weighted by molar-refractivity contribution is 0.271. The monoisotopic (exact) mass is 439 g/mol. The lowest BCUT2D eigenvalue weighted by atomic mass is 9.97. The number of hydrogen-bond acceptors (Lipinski definition) is 5. The highest BCUT2D eigenvalue weighted by Gasteiger charge is 2.18. The van der Waals surface area contributed by atoms with E-state index in [1.807, 2.05) is 34.9 Å². The average Bonchev–Trinajstić information content (AvgIpc) is 3.41. The topological polar surface area (TPSA) is 75.1 Å². The van der Waals surface area contributed by atoms with Crippen molar-refractivity contribution < 1.29 is 9.50 Å². The van der Waals surface area contributed by atoms with Crippen LogP contribution in [0, 0.1) is 5.82 Å². The van der Waals surface area contributed by atoms with Gasteiger partial charge in [-0.05, 0) is 23.6 Å². The molecule has 160 valence electrons. The Bertz CT molecular complexity index is 1150. The van der Waals surface area contributed by atoms with Crippen LogP contribution in [-0.4, -0.2) is 27.2 Å². The Morgan fingerprint density at radius 2 is 1.94 bits per heavy atom. The second-order valence-electron chi connectivity index (χ2n) is 7.34. The van der Waals surface area contributed by atoms with Crippen LogP contribution in [0.4, 0.5) is 4.39 Å². The molecule has 0 saturated heterocycles. The smallest absolute Gasteiger partial charge is 0.179 e. The molecule has 3 aromatic rings. The summed E-state index contributed by atoms with van der Waals surface area (Å²) in [5.74, 6) is 0.975. The third-order valence-electron chi connectivity index (χ3n) is 5.29. The molecular formula is C23H23ClFN5O. The highest BCUT2D eigenvalue weighted by Crippen LogP contribution is 2.29. The predicted molar refractivity (Wildman–Crippen MR) is 119 cm³/mol. The van der Waals surface area contributed by atoms with Gasteiger partial charge in [0.1, 0.15) is 11.6 Å². The number of aromatic nitrogens is 2. The van der Waals surface area contributed by atoms with Gasteiger partial charge in [-0.1, -0.05) is 61.3 Å². The summed E-state index contributed by atoms with van der Waals surface area (Å²) in [6.45, 7) is 2.56. The molecule has 0 spiro atoms. The van der Waals surface area contributed by atoms with E-state index in [4.69, 9.17) is 11.6 Å². The van der Waals surface area contributed by atoms with Crippen molar-refractivity contribution in [1.82, 2.24) is 9.55 Å². The summed E-state index contributed by atoms with van der Waals surface area (Å²) in [7, 11) is 0. The maximum absolute atomic E-state index is 15.2. The van der Waals surface area contributed by atoms with E-state index >= 15 is 4.39 Å². The summed E-state index contributed by atoms with van der Waals surface area (Å²) in [4.78, 5) is 8.67. The van der Waals surface area contributed by atoms with Gasteiger partial charge in [0.15, 0.2) is 17.7 Å². The van der Waals surface area contributed by atoms with Crippen LogP contribution in [0.25, 0.3) is 11.1 Å². The molecule has 1 aliphatic rings. The van der Waals surface area contributed by atoms with E-state index in [-0.39, 0.29) is 12.4 Å². The maximum Gasteiger partial charge on any atom is 0.179 e. The van der Waals surface area contributed by atoms with Crippen LogP contribution in [0.2, 0.25) is 5.15 Å². The number of aliphatic hydroxyl groups is 1. The van der Waals surface area contributed by atoms with Gasteiger partial charge in [-0.15, -0.1) is 5.11 Å². The van der Waals surface area contributed by atoms with E-state index in [9.17, 15) is 5.11 Å². The number of benzene rings is 2. The first-order chi connectivity index (χ1) is 15.1. The quantitative estimate of drug-likeness (QED) is 0.510. The molecule has 31 heavy (non-hydrogen) atoms. The van der Waals surface area contributed by atoms with Crippen LogP contribution in [-0.2, 0) is 19.6 Å². The molecule has 0 bridgehead atoms. The Hall–Kier alpha value is -2.90. The van der Waals surface area contributed by atoms with Gasteiger partial charge < -0.3 is 9.67 Å². The first-order valence-corrected chi connectivity index (χ1v) is 10.6. The van der Waals surface area contributed by atoms with Gasteiger partial charge in [0.05, 0.1) is 12.3 Å². The van der Waals surface area contributed by atoms with Crippen LogP contribution in [0.5, 0.6) is 0 Å². The van der Waals surface area contributed by atoms with Gasteiger partial charge in [-0.3, -0.25) is 0 Å². The highest BCUT2D eigenvalue weighted by molar-refractivity contribution is 6.30. The van der Waals surface area contributed by atoms with Gasteiger partial charge in [-0.25, -0.2) is 14.4 Å². The second kappa shape index (κ2) is 9.49. The number of azo groups is 1. The number of aliphatic hydroxyl groups excluding tert-OH is 1. The minimum atomic E-state index is -0.340. The predicted octanol–water partition coefficient (Wildman–Crippen LogP) is 5.40. The third-order valence-corrected chi connectivity index (χ3v) is 5.59. The minimum Gasteiger partial charge on any atom is -0.390 e. The Labute approximate surface area is 185 Å². The number of hydrogen-bond donors (Lipinski definition) is 1. The molecule has 6 nitrogen and oxygen atoms in total. The van der Waals surface area contributed by atoms with Gasteiger partial charge in [-0.2, -0.15) is 5.11 Å². The molecule has 0 radical (unpaired) electrons. The Kier molecular flexibility index (Phi) is 6.53. The number of nitrogens with zero attached hydrogens (tertiary/aromatic N) is 5. The number of rotatable bonds is 8. The molecule has 0 saturated carbocycles. The Balaban J connectivity index is 1.67. The number of amidine groups is 1. The molecule has 1 aliphatic heterocycles. The summed E-state index contributed by atoms with van der Waals surface area (Å²) in [5, 5.41) is 18.0. The van der Waals surface area contributed by atoms with Crippen molar-refractivity contribution in [3.8, 4) is 11.1 Å². The van der Waals surface area contributed by atoms with Gasteiger partial charge in [0.25, 0.3) is 0 Å². The normalized spacial score (nSPS) is 13.1. The summed E-state index contributed by atoms with van der Waals surface area (Å²) in [6, 6.07) is 12.6. The summed E-state index contributed by atoms with van der Waals surface area (Å²) in [6.07, 6.45) is 2.73. The molecule has 0 fully saturated rings. The van der Waals surface area contributed by atoms with Crippen molar-refractivity contribution >= 4 is 17.4 Å². The van der Waals surface area contributed by atoms with Gasteiger partial charge >= 0.3 is 0 Å². The largest absolute Gasteiger partial charge is 0.390 e. The van der Waals surface area contributed by atoms with Crippen LogP contribution in [0.1, 0.15) is 42.4 Å². The van der Waals surface area contributed by atoms with Crippen LogP contribution in [0.3, 0.4) is 0 Å². The van der Waals surface area contributed by atoms with E-state index in [2.05, 4.69) is 27.1 Å². The van der Waals surface area contributed by atoms with E-state index in [1.54, 1.807) is 6.07 Å². The van der Waals surface area contributed by atoms with Crippen LogP contribution in [0.15, 0.2) is 57.7 Å². The first-order valence-electron chi connectivity index (χ1n) is 10.3. The molecule has 0 aliphatic carbocycles.